The summed E-state index contributed by atoms with van der Waals surface area (Å²) >= 11 is 0. The van der Waals surface area contributed by atoms with Crippen molar-refractivity contribution in [2.45, 2.75) is 56.5 Å². The van der Waals surface area contributed by atoms with E-state index in [4.69, 9.17) is 4.74 Å². The molecule has 0 aromatic heterocycles. The number of ketones is 1. The lowest BCUT2D eigenvalue weighted by molar-refractivity contribution is -0.130. The maximum Gasteiger partial charge on any atom is 0.143 e. The number of methoxy groups -OCH3 is 1. The van der Waals surface area contributed by atoms with E-state index in [0.717, 1.165) is 32.1 Å². The van der Waals surface area contributed by atoms with Crippen LogP contribution in [0.25, 0.3) is 0 Å². The van der Waals surface area contributed by atoms with Crippen molar-refractivity contribution in [1.29, 1.82) is 0 Å². The van der Waals surface area contributed by atoms with Crippen LogP contribution in [-0.2, 0) is 14.9 Å². The fraction of sp³-hybridized carbons (Fsp3) is 0.611. The van der Waals surface area contributed by atoms with Crippen molar-refractivity contribution in [2.24, 2.45) is 5.92 Å². The molecule has 0 heterocycles. The molecule has 0 unspecified atom stereocenters. The Morgan fingerprint density at radius 3 is 2.65 bits per heavy atom. The van der Waals surface area contributed by atoms with Crippen LogP contribution in [0.3, 0.4) is 0 Å². The highest BCUT2D eigenvalue weighted by Crippen LogP contribution is 2.49. The van der Waals surface area contributed by atoms with E-state index in [0.29, 0.717) is 11.7 Å². The van der Waals surface area contributed by atoms with E-state index in [2.05, 4.69) is 24.3 Å². The van der Waals surface area contributed by atoms with E-state index in [9.17, 15) is 4.79 Å². The van der Waals surface area contributed by atoms with Gasteiger partial charge in [0.1, 0.15) is 5.78 Å². The average Bonchev–Trinajstić information content (AvgIpc) is 2.68. The van der Waals surface area contributed by atoms with Crippen LogP contribution in [0.4, 0.5) is 0 Å². The fourth-order valence-electron chi connectivity index (χ4n) is 4.34. The zero-order chi connectivity index (χ0) is 14.0. The van der Waals surface area contributed by atoms with Gasteiger partial charge in [-0.25, -0.2) is 0 Å². The van der Waals surface area contributed by atoms with E-state index < -0.39 is 0 Å². The number of fused-ring (bicyclic) bond motifs is 1. The lowest BCUT2D eigenvalue weighted by Crippen LogP contribution is -2.48. The van der Waals surface area contributed by atoms with Crippen LogP contribution in [0, 0.1) is 5.92 Å². The van der Waals surface area contributed by atoms with Crippen molar-refractivity contribution in [1.82, 2.24) is 0 Å². The van der Waals surface area contributed by atoms with Crippen molar-refractivity contribution in [3.63, 3.8) is 0 Å². The first kappa shape index (κ1) is 13.8. The molecular formula is C18H24O2. The highest BCUT2D eigenvalue weighted by molar-refractivity contribution is 5.91. The Balaban J connectivity index is 2.07. The van der Waals surface area contributed by atoms with Gasteiger partial charge >= 0.3 is 0 Å². The third kappa shape index (κ3) is 2.20. The van der Waals surface area contributed by atoms with Crippen LogP contribution < -0.4 is 0 Å². The zero-order valence-electron chi connectivity index (χ0n) is 12.3. The molecule has 3 atom stereocenters. The van der Waals surface area contributed by atoms with Gasteiger partial charge in [-0.2, -0.15) is 0 Å². The van der Waals surface area contributed by atoms with Crippen LogP contribution in [0.2, 0.25) is 0 Å². The van der Waals surface area contributed by atoms with E-state index in [1.807, 2.05) is 6.07 Å². The molecule has 3 rings (SSSR count). The van der Waals surface area contributed by atoms with Crippen molar-refractivity contribution < 1.29 is 9.53 Å². The Labute approximate surface area is 121 Å². The Kier molecular flexibility index (Phi) is 3.93. The van der Waals surface area contributed by atoms with Gasteiger partial charge in [-0.1, -0.05) is 36.8 Å². The molecule has 2 heteroatoms. The summed E-state index contributed by atoms with van der Waals surface area (Å²) in [7, 11) is 1.78. The first-order valence-electron chi connectivity index (χ1n) is 7.89. The largest absolute Gasteiger partial charge is 0.381 e. The molecule has 1 aromatic rings. The summed E-state index contributed by atoms with van der Waals surface area (Å²) in [6, 6.07) is 10.5. The summed E-state index contributed by atoms with van der Waals surface area (Å²) in [6.07, 6.45) is 7.51. The van der Waals surface area contributed by atoms with Crippen molar-refractivity contribution in [3.8, 4) is 0 Å². The third-order valence-electron chi connectivity index (χ3n) is 5.41. The molecular weight excluding hydrogens is 248 g/mol. The first-order valence-corrected chi connectivity index (χ1v) is 7.89. The molecule has 0 aliphatic heterocycles. The van der Waals surface area contributed by atoms with E-state index in [1.54, 1.807) is 7.11 Å². The van der Waals surface area contributed by atoms with Crippen molar-refractivity contribution in [2.75, 3.05) is 7.11 Å². The minimum atomic E-state index is -0.281. The number of Topliss-reactive ketones (excluding diaryl/α,β-unsaturated/α-hetero) is 1. The summed E-state index contributed by atoms with van der Waals surface area (Å²) in [5, 5.41) is 0. The molecule has 0 bridgehead atoms. The van der Waals surface area contributed by atoms with Gasteiger partial charge in [-0.05, 0) is 43.6 Å². The SMILES string of the molecule is CO[C@@H]1CC[C@@H]2CCCCC(=O)[C@]2(c2ccccc2)C1. The van der Waals surface area contributed by atoms with Gasteiger partial charge in [-0.15, -0.1) is 0 Å². The molecule has 0 amide bonds. The zero-order valence-corrected chi connectivity index (χ0v) is 12.3. The van der Waals surface area contributed by atoms with Crippen LogP contribution in [0.1, 0.15) is 50.5 Å². The van der Waals surface area contributed by atoms with Crippen LogP contribution in [0.5, 0.6) is 0 Å². The number of ether oxygens (including phenoxy) is 1. The minimum Gasteiger partial charge on any atom is -0.381 e. The number of carbonyl (C=O) groups is 1. The fourth-order valence-corrected chi connectivity index (χ4v) is 4.34. The molecule has 0 saturated heterocycles. The number of hydrogen-bond acceptors (Lipinski definition) is 2. The molecule has 2 aliphatic rings. The molecule has 2 nitrogen and oxygen atoms in total. The molecule has 2 aliphatic carbocycles. The smallest absolute Gasteiger partial charge is 0.143 e. The third-order valence-corrected chi connectivity index (χ3v) is 5.41. The Bertz CT molecular complexity index is 468. The molecule has 108 valence electrons. The molecule has 0 N–H and O–H groups in total. The lowest BCUT2D eigenvalue weighted by Gasteiger charge is -2.45. The van der Waals surface area contributed by atoms with Gasteiger partial charge in [0.15, 0.2) is 0 Å². The summed E-state index contributed by atoms with van der Waals surface area (Å²) in [5.41, 5.74) is 0.940. The van der Waals surface area contributed by atoms with Crippen LogP contribution in [0.15, 0.2) is 30.3 Å². The van der Waals surface area contributed by atoms with Gasteiger partial charge in [0.05, 0.1) is 11.5 Å². The molecule has 1 aromatic carbocycles. The van der Waals surface area contributed by atoms with E-state index in [1.165, 1.54) is 18.4 Å². The standard InChI is InChI=1S/C18H24O2/c1-20-16-12-11-15-9-5-6-10-17(19)18(15,13-16)14-7-3-2-4-8-14/h2-4,7-8,15-16H,5-6,9-13H2,1H3/t15-,16+,18-/m0/s1. The summed E-state index contributed by atoms with van der Waals surface area (Å²) in [4.78, 5) is 13.0. The minimum absolute atomic E-state index is 0.230. The number of rotatable bonds is 2. The van der Waals surface area contributed by atoms with Crippen LogP contribution >= 0.6 is 0 Å². The van der Waals surface area contributed by atoms with Gasteiger partial charge in [0.25, 0.3) is 0 Å². The highest BCUT2D eigenvalue weighted by Gasteiger charge is 2.50. The number of carbonyl (C=O) groups excluding carboxylic acids is 1. The second kappa shape index (κ2) is 5.69. The van der Waals surface area contributed by atoms with Crippen molar-refractivity contribution >= 4 is 5.78 Å². The summed E-state index contributed by atoms with van der Waals surface area (Å²) < 4.78 is 5.62. The Morgan fingerprint density at radius 1 is 1.10 bits per heavy atom. The van der Waals surface area contributed by atoms with E-state index >= 15 is 0 Å². The van der Waals surface area contributed by atoms with Gasteiger partial charge in [-0.3, -0.25) is 4.79 Å². The van der Waals surface area contributed by atoms with Crippen molar-refractivity contribution in [3.05, 3.63) is 35.9 Å². The number of benzene rings is 1. The van der Waals surface area contributed by atoms with Gasteiger partial charge < -0.3 is 4.74 Å². The summed E-state index contributed by atoms with van der Waals surface area (Å²) in [6.45, 7) is 0. The maximum atomic E-state index is 13.0. The number of hydrogen-bond donors (Lipinski definition) is 0. The topological polar surface area (TPSA) is 26.3 Å². The predicted molar refractivity (Wildman–Crippen MR) is 79.7 cm³/mol. The normalized spacial score (nSPS) is 34.4. The average molecular weight is 272 g/mol. The summed E-state index contributed by atoms with van der Waals surface area (Å²) in [5.74, 6) is 0.958. The quantitative estimate of drug-likeness (QED) is 0.816. The molecule has 2 saturated carbocycles. The van der Waals surface area contributed by atoms with Crippen LogP contribution in [-0.4, -0.2) is 19.0 Å². The second-order valence-electron chi connectivity index (χ2n) is 6.34. The lowest BCUT2D eigenvalue weighted by atomic mass is 9.59. The first-order chi connectivity index (χ1) is 9.77. The Hall–Kier alpha value is -1.15. The monoisotopic (exact) mass is 272 g/mol. The van der Waals surface area contributed by atoms with Gasteiger partial charge in [0, 0.05) is 13.5 Å². The predicted octanol–water partition coefficient (Wildman–Crippen LogP) is 3.88. The van der Waals surface area contributed by atoms with E-state index in [-0.39, 0.29) is 11.5 Å². The molecule has 2 fully saturated rings. The second-order valence-corrected chi connectivity index (χ2v) is 6.34. The molecule has 0 radical (unpaired) electrons. The molecule has 20 heavy (non-hydrogen) atoms. The maximum absolute atomic E-state index is 13.0. The Morgan fingerprint density at radius 2 is 1.90 bits per heavy atom. The highest BCUT2D eigenvalue weighted by atomic mass is 16.5. The molecule has 0 spiro atoms. The van der Waals surface area contributed by atoms with Gasteiger partial charge in [0.2, 0.25) is 0 Å².